The number of rotatable bonds is 8. The van der Waals surface area contributed by atoms with Crippen LogP contribution in [0.2, 0.25) is 0 Å². The van der Waals surface area contributed by atoms with Crippen LogP contribution in [0.15, 0.2) is 48.8 Å². The second-order valence-corrected chi connectivity index (χ2v) is 12.1. The first-order valence-electron chi connectivity index (χ1n) is 15.0. The number of carbonyl (C=O) groups excluding carboxylic acids is 1. The summed E-state index contributed by atoms with van der Waals surface area (Å²) in [5.74, 6) is 1.67. The zero-order chi connectivity index (χ0) is 30.4. The van der Waals surface area contributed by atoms with Crippen molar-refractivity contribution in [3.05, 3.63) is 71.2 Å². The number of amides is 1. The predicted molar refractivity (Wildman–Crippen MR) is 167 cm³/mol. The van der Waals surface area contributed by atoms with E-state index in [1.165, 1.54) is 0 Å². The van der Waals surface area contributed by atoms with Gasteiger partial charge in [0, 0.05) is 56.2 Å². The fourth-order valence-electron chi connectivity index (χ4n) is 5.38. The van der Waals surface area contributed by atoms with Crippen LogP contribution in [0.5, 0.6) is 5.75 Å². The molecule has 0 radical (unpaired) electrons. The van der Waals surface area contributed by atoms with E-state index < -0.39 is 5.60 Å². The second-order valence-electron chi connectivity index (χ2n) is 12.1. The Morgan fingerprint density at radius 2 is 1.81 bits per heavy atom. The van der Waals surface area contributed by atoms with Crippen LogP contribution in [-0.2, 0) is 17.7 Å². The van der Waals surface area contributed by atoms with Crippen LogP contribution in [0.25, 0.3) is 0 Å². The Morgan fingerprint density at radius 1 is 1.05 bits per heavy atom. The highest BCUT2D eigenvalue weighted by atomic mass is 16.6. The van der Waals surface area contributed by atoms with Gasteiger partial charge < -0.3 is 24.6 Å². The van der Waals surface area contributed by atoms with Crippen molar-refractivity contribution in [1.29, 1.82) is 5.26 Å². The summed E-state index contributed by atoms with van der Waals surface area (Å²) in [7, 11) is 0. The highest BCUT2D eigenvalue weighted by molar-refractivity contribution is 5.68. The van der Waals surface area contributed by atoms with Gasteiger partial charge >= 0.3 is 6.09 Å². The van der Waals surface area contributed by atoms with E-state index in [9.17, 15) is 10.1 Å². The number of hydrogen-bond acceptors (Lipinski definition) is 9. The van der Waals surface area contributed by atoms with Crippen molar-refractivity contribution in [2.24, 2.45) is 0 Å². The van der Waals surface area contributed by atoms with Crippen molar-refractivity contribution < 1.29 is 14.3 Å². The number of anilines is 3. The van der Waals surface area contributed by atoms with E-state index in [1.54, 1.807) is 11.2 Å². The molecule has 0 unspecified atom stereocenters. The summed E-state index contributed by atoms with van der Waals surface area (Å²) in [6.07, 6.45) is 3.13. The van der Waals surface area contributed by atoms with Crippen molar-refractivity contribution in [3.8, 4) is 11.8 Å². The van der Waals surface area contributed by atoms with Crippen molar-refractivity contribution in [2.75, 3.05) is 56.1 Å². The Labute approximate surface area is 254 Å². The topological polar surface area (TPSA) is 107 Å². The van der Waals surface area contributed by atoms with E-state index in [1.807, 2.05) is 64.1 Å². The molecule has 2 aliphatic rings. The first kappa shape index (κ1) is 30.1. The fourth-order valence-corrected chi connectivity index (χ4v) is 5.38. The number of benzene rings is 2. The van der Waals surface area contributed by atoms with Crippen LogP contribution in [0.3, 0.4) is 0 Å². The number of nitrogens with zero attached hydrogens (tertiary/aromatic N) is 6. The SMILES string of the molecule is Cc1cc(N2CCc3c(ncnc3Nc3ccc(OCCCN4CCN(C(=O)OC(C)(C)C)CC4)cc3)C2)ccc1C#N. The van der Waals surface area contributed by atoms with E-state index >= 15 is 0 Å². The maximum absolute atomic E-state index is 12.3. The Hall–Kier alpha value is -4.36. The molecule has 226 valence electrons. The fraction of sp³-hybridized carbons (Fsp3) is 0.455. The normalized spacial score (nSPS) is 15.4. The molecule has 0 aliphatic carbocycles. The highest BCUT2D eigenvalue weighted by Crippen LogP contribution is 2.29. The zero-order valence-electron chi connectivity index (χ0n) is 25.6. The third kappa shape index (κ3) is 7.93. The van der Waals surface area contributed by atoms with Crippen molar-refractivity contribution in [1.82, 2.24) is 19.8 Å². The monoisotopic (exact) mass is 583 g/mol. The Morgan fingerprint density at radius 3 is 2.51 bits per heavy atom. The van der Waals surface area contributed by atoms with Crippen LogP contribution in [-0.4, -0.2) is 77.3 Å². The second kappa shape index (κ2) is 13.3. The minimum Gasteiger partial charge on any atom is -0.494 e. The quantitative estimate of drug-likeness (QED) is 0.354. The zero-order valence-corrected chi connectivity index (χ0v) is 25.6. The maximum atomic E-state index is 12.3. The molecule has 2 aliphatic heterocycles. The molecule has 0 atom stereocenters. The lowest BCUT2D eigenvalue weighted by Crippen LogP contribution is -2.50. The highest BCUT2D eigenvalue weighted by Gasteiger charge is 2.26. The maximum Gasteiger partial charge on any atom is 0.410 e. The molecule has 3 heterocycles. The van der Waals surface area contributed by atoms with Gasteiger partial charge in [-0.1, -0.05) is 0 Å². The molecule has 1 saturated heterocycles. The number of nitriles is 1. The van der Waals surface area contributed by atoms with Crippen molar-refractivity contribution >= 4 is 23.3 Å². The molecule has 1 fully saturated rings. The average molecular weight is 584 g/mol. The number of aryl methyl sites for hydroxylation is 1. The number of carbonyl (C=O) groups is 1. The van der Waals surface area contributed by atoms with E-state index in [-0.39, 0.29) is 6.09 Å². The summed E-state index contributed by atoms with van der Waals surface area (Å²) in [6, 6.07) is 16.2. The van der Waals surface area contributed by atoms with Gasteiger partial charge in [0.15, 0.2) is 0 Å². The largest absolute Gasteiger partial charge is 0.494 e. The number of fused-ring (bicyclic) bond motifs is 1. The molecule has 10 nitrogen and oxygen atoms in total. The van der Waals surface area contributed by atoms with Crippen LogP contribution in [0.4, 0.5) is 22.0 Å². The lowest BCUT2D eigenvalue weighted by atomic mass is 10.0. The van der Waals surface area contributed by atoms with Crippen molar-refractivity contribution in [2.45, 2.75) is 52.7 Å². The van der Waals surface area contributed by atoms with Gasteiger partial charge in [-0.15, -0.1) is 0 Å². The molecule has 1 aromatic heterocycles. The van der Waals surface area contributed by atoms with Crippen LogP contribution >= 0.6 is 0 Å². The Kier molecular flexibility index (Phi) is 9.31. The molecule has 0 saturated carbocycles. The van der Waals surface area contributed by atoms with Crippen LogP contribution < -0.4 is 15.0 Å². The predicted octanol–water partition coefficient (Wildman–Crippen LogP) is 5.28. The van der Waals surface area contributed by atoms with E-state index in [0.29, 0.717) is 31.8 Å². The Balaban J connectivity index is 1.07. The van der Waals surface area contributed by atoms with Gasteiger partial charge in [-0.2, -0.15) is 5.26 Å². The lowest BCUT2D eigenvalue weighted by molar-refractivity contribution is 0.0142. The van der Waals surface area contributed by atoms with Crippen LogP contribution in [0.1, 0.15) is 49.6 Å². The first-order valence-corrected chi connectivity index (χ1v) is 15.0. The Bertz CT molecular complexity index is 1450. The van der Waals surface area contributed by atoms with Gasteiger partial charge in [0.25, 0.3) is 0 Å². The minimum absolute atomic E-state index is 0.227. The molecule has 2 aromatic carbocycles. The van der Waals surface area contributed by atoms with Gasteiger partial charge in [-0.3, -0.25) is 4.90 Å². The van der Waals surface area contributed by atoms with Gasteiger partial charge in [0.1, 0.15) is 23.5 Å². The molecular formula is C33H41N7O3. The molecular weight excluding hydrogens is 542 g/mol. The third-order valence-corrected chi connectivity index (χ3v) is 7.73. The molecule has 0 bridgehead atoms. The standard InChI is InChI=1S/C33H41N7O3/c1-24-20-27(9-6-25(24)21-34)40-14-12-29-30(22-40)35-23-36-31(29)37-26-7-10-28(11-8-26)42-19-5-13-38-15-17-39(18-16-38)32(41)43-33(2,3)4/h6-11,20,23H,5,12-19,22H2,1-4H3,(H,35,36,37). The summed E-state index contributed by atoms with van der Waals surface area (Å²) in [4.78, 5) is 27.8. The average Bonchev–Trinajstić information content (AvgIpc) is 2.99. The summed E-state index contributed by atoms with van der Waals surface area (Å²) in [5, 5.41) is 12.7. The van der Waals surface area contributed by atoms with Gasteiger partial charge in [0.05, 0.1) is 30.5 Å². The van der Waals surface area contributed by atoms with Crippen LogP contribution in [0, 0.1) is 18.3 Å². The first-order chi connectivity index (χ1) is 20.7. The molecule has 0 spiro atoms. The van der Waals surface area contributed by atoms with Gasteiger partial charge in [-0.05, 0) is 88.6 Å². The number of hydrogen-bond donors (Lipinski definition) is 1. The van der Waals surface area contributed by atoms with Gasteiger partial charge in [-0.25, -0.2) is 14.8 Å². The van der Waals surface area contributed by atoms with E-state index in [0.717, 1.165) is 78.8 Å². The summed E-state index contributed by atoms with van der Waals surface area (Å²) in [5.41, 5.74) is 5.42. The number of nitrogens with one attached hydrogen (secondary N) is 1. The summed E-state index contributed by atoms with van der Waals surface area (Å²) < 4.78 is 11.5. The van der Waals surface area contributed by atoms with Crippen molar-refractivity contribution in [3.63, 3.8) is 0 Å². The smallest absolute Gasteiger partial charge is 0.410 e. The van der Waals surface area contributed by atoms with E-state index in [4.69, 9.17) is 9.47 Å². The molecule has 5 rings (SSSR count). The van der Waals surface area contributed by atoms with Gasteiger partial charge in [0.2, 0.25) is 0 Å². The third-order valence-electron chi connectivity index (χ3n) is 7.73. The summed E-state index contributed by atoms with van der Waals surface area (Å²) >= 11 is 0. The molecule has 43 heavy (non-hydrogen) atoms. The number of piperazine rings is 1. The lowest BCUT2D eigenvalue weighted by Gasteiger charge is -2.35. The molecule has 10 heteroatoms. The number of ether oxygens (including phenoxy) is 2. The van der Waals surface area contributed by atoms with E-state index in [2.05, 4.69) is 37.2 Å². The molecule has 3 aromatic rings. The molecule has 1 N–H and O–H groups in total. The number of aromatic nitrogens is 2. The summed E-state index contributed by atoms with van der Waals surface area (Å²) in [6.45, 7) is 13.8. The molecule has 1 amide bonds. The minimum atomic E-state index is -0.466.